The second-order valence-electron chi connectivity index (χ2n) is 7.65. The molecule has 0 radical (unpaired) electrons. The van der Waals surface area contributed by atoms with E-state index in [1.165, 1.54) is 10.1 Å². The molecular formula is C27H28N4OS. The average Bonchev–Trinajstić information content (AvgIpc) is 3.37. The Balaban J connectivity index is 0.000000376. The first-order valence-electron chi connectivity index (χ1n) is 11.2. The van der Waals surface area contributed by atoms with Gasteiger partial charge in [0, 0.05) is 59.8 Å². The lowest BCUT2D eigenvalue weighted by atomic mass is 10.1. The molecule has 0 aliphatic carbocycles. The van der Waals surface area contributed by atoms with Crippen molar-refractivity contribution in [3.63, 3.8) is 0 Å². The van der Waals surface area contributed by atoms with Crippen molar-refractivity contribution in [2.24, 2.45) is 0 Å². The van der Waals surface area contributed by atoms with E-state index in [0.717, 1.165) is 55.4 Å². The molecule has 1 N–H and O–H groups in total. The van der Waals surface area contributed by atoms with Crippen LogP contribution in [-0.4, -0.2) is 59.3 Å². The zero-order valence-corrected chi connectivity index (χ0v) is 19.6. The number of rotatable bonds is 3. The molecule has 3 aromatic heterocycles. The summed E-state index contributed by atoms with van der Waals surface area (Å²) in [7, 11) is 0. The molecule has 0 unspecified atom stereocenters. The van der Waals surface area contributed by atoms with Gasteiger partial charge in [0.15, 0.2) is 0 Å². The first-order chi connectivity index (χ1) is 16.3. The zero-order valence-electron chi connectivity index (χ0n) is 18.8. The van der Waals surface area contributed by atoms with Gasteiger partial charge < -0.3 is 14.9 Å². The lowest BCUT2D eigenvalue weighted by molar-refractivity contribution is 0.271. The molecule has 5 nitrogen and oxygen atoms in total. The molecule has 0 spiro atoms. The summed E-state index contributed by atoms with van der Waals surface area (Å²) < 4.78 is 1.28. The van der Waals surface area contributed by atoms with E-state index >= 15 is 0 Å². The number of piperazine rings is 1. The maximum Gasteiger partial charge on any atom is 0.138 e. The normalized spacial score (nSPS) is 13.7. The number of pyridine rings is 2. The lowest BCUT2D eigenvalue weighted by Gasteiger charge is -2.35. The third-order valence-electron chi connectivity index (χ3n) is 5.61. The molecule has 1 aromatic carbocycles. The number of fused-ring (bicyclic) bond motifs is 1. The second-order valence-corrected chi connectivity index (χ2v) is 8.59. The summed E-state index contributed by atoms with van der Waals surface area (Å²) in [5, 5.41) is 12.2. The third kappa shape index (κ3) is 5.96. The van der Waals surface area contributed by atoms with Crippen LogP contribution in [0.5, 0.6) is 0 Å². The maximum absolute atomic E-state index is 8.84. The van der Waals surface area contributed by atoms with E-state index in [0.29, 0.717) is 0 Å². The Morgan fingerprint density at radius 2 is 1.76 bits per heavy atom. The van der Waals surface area contributed by atoms with Gasteiger partial charge in [-0.15, -0.1) is 11.3 Å². The predicted octanol–water partition coefficient (Wildman–Crippen LogP) is 4.53. The molecule has 0 atom stereocenters. The minimum Gasteiger partial charge on any atom is -0.384 e. The van der Waals surface area contributed by atoms with Crippen LogP contribution in [0, 0.1) is 11.8 Å². The monoisotopic (exact) mass is 456 g/mol. The fourth-order valence-corrected chi connectivity index (χ4v) is 4.61. The van der Waals surface area contributed by atoms with Gasteiger partial charge in [-0.3, -0.25) is 4.98 Å². The zero-order chi connectivity index (χ0) is 22.9. The molecule has 4 heterocycles. The van der Waals surface area contributed by atoms with Crippen molar-refractivity contribution in [1.82, 2.24) is 14.9 Å². The molecule has 1 aliphatic heterocycles. The molecule has 1 aliphatic rings. The first-order valence-corrected chi connectivity index (χ1v) is 12.1. The van der Waals surface area contributed by atoms with Gasteiger partial charge in [0.1, 0.15) is 12.4 Å². The Bertz CT molecular complexity index is 1180. The summed E-state index contributed by atoms with van der Waals surface area (Å²) in [6.07, 6.45) is 3.50. The molecule has 6 heteroatoms. The quantitative estimate of drug-likeness (QED) is 0.459. The van der Waals surface area contributed by atoms with E-state index in [9.17, 15) is 0 Å². The van der Waals surface area contributed by atoms with E-state index in [1.807, 2.05) is 30.3 Å². The van der Waals surface area contributed by atoms with Gasteiger partial charge >= 0.3 is 0 Å². The highest BCUT2D eigenvalue weighted by molar-refractivity contribution is 7.17. The molecule has 0 amide bonds. The summed E-state index contributed by atoms with van der Waals surface area (Å²) in [4.78, 5) is 13.7. The smallest absolute Gasteiger partial charge is 0.138 e. The molecule has 168 valence electrons. The molecule has 5 rings (SSSR count). The van der Waals surface area contributed by atoms with E-state index < -0.39 is 0 Å². The van der Waals surface area contributed by atoms with Crippen LogP contribution >= 0.6 is 11.3 Å². The summed E-state index contributed by atoms with van der Waals surface area (Å²) in [6, 6.07) is 18.2. The summed E-state index contributed by atoms with van der Waals surface area (Å²) in [5.41, 5.74) is 2.99. The Morgan fingerprint density at radius 1 is 1.00 bits per heavy atom. The SMILES string of the molecule is CCN1CCN(c2nc(-c3ccc(C#CCO)cc3)cc3sccc23)CC1.c1ccncc1. The van der Waals surface area contributed by atoms with Gasteiger partial charge in [-0.05, 0) is 48.3 Å². The van der Waals surface area contributed by atoms with Gasteiger partial charge in [-0.25, -0.2) is 4.98 Å². The minimum absolute atomic E-state index is 0.118. The molecule has 1 saturated heterocycles. The van der Waals surface area contributed by atoms with Crippen molar-refractivity contribution >= 4 is 27.2 Å². The Kier molecular flexibility index (Phi) is 8.04. The van der Waals surface area contributed by atoms with Crippen molar-refractivity contribution < 1.29 is 5.11 Å². The first kappa shape index (κ1) is 22.9. The van der Waals surface area contributed by atoms with Crippen LogP contribution in [-0.2, 0) is 0 Å². The Labute approximate surface area is 199 Å². The highest BCUT2D eigenvalue weighted by Crippen LogP contribution is 2.33. The number of aromatic nitrogens is 2. The van der Waals surface area contributed by atoms with Crippen LogP contribution in [0.15, 0.2) is 72.4 Å². The number of anilines is 1. The Hall–Kier alpha value is -3.24. The molecule has 4 aromatic rings. The summed E-state index contributed by atoms with van der Waals surface area (Å²) in [6.45, 7) is 7.43. The fourth-order valence-electron chi connectivity index (χ4n) is 3.79. The van der Waals surface area contributed by atoms with Crippen molar-refractivity contribution in [1.29, 1.82) is 0 Å². The topological polar surface area (TPSA) is 52.5 Å². The molecule has 0 bridgehead atoms. The van der Waals surface area contributed by atoms with E-state index in [-0.39, 0.29) is 6.61 Å². The van der Waals surface area contributed by atoms with E-state index in [4.69, 9.17) is 10.1 Å². The predicted molar refractivity (Wildman–Crippen MR) is 138 cm³/mol. The van der Waals surface area contributed by atoms with Gasteiger partial charge in [-0.2, -0.15) is 0 Å². The van der Waals surface area contributed by atoms with Crippen molar-refractivity contribution in [3.8, 4) is 23.1 Å². The number of likely N-dealkylation sites (N-methyl/N-ethyl adjacent to an activating group) is 1. The summed E-state index contributed by atoms with van der Waals surface area (Å²) in [5.74, 6) is 6.73. The maximum atomic E-state index is 8.84. The number of benzene rings is 1. The van der Waals surface area contributed by atoms with Crippen molar-refractivity contribution in [3.05, 3.63) is 77.9 Å². The average molecular weight is 457 g/mol. The van der Waals surface area contributed by atoms with Crippen LogP contribution in [0.25, 0.3) is 21.3 Å². The number of aliphatic hydroxyl groups is 1. The van der Waals surface area contributed by atoms with Crippen LogP contribution in [0.3, 0.4) is 0 Å². The number of hydrogen-bond donors (Lipinski definition) is 1. The van der Waals surface area contributed by atoms with Gasteiger partial charge in [-0.1, -0.05) is 37.0 Å². The fraction of sp³-hybridized carbons (Fsp3) is 0.259. The van der Waals surface area contributed by atoms with Gasteiger partial charge in [0.2, 0.25) is 0 Å². The van der Waals surface area contributed by atoms with Gasteiger partial charge in [0.25, 0.3) is 0 Å². The Morgan fingerprint density at radius 3 is 2.36 bits per heavy atom. The lowest BCUT2D eigenvalue weighted by Crippen LogP contribution is -2.46. The summed E-state index contributed by atoms with van der Waals surface area (Å²) >= 11 is 1.77. The van der Waals surface area contributed by atoms with Crippen LogP contribution in [0.2, 0.25) is 0 Å². The van der Waals surface area contributed by atoms with Crippen LogP contribution < -0.4 is 4.90 Å². The largest absolute Gasteiger partial charge is 0.384 e. The van der Waals surface area contributed by atoms with Crippen LogP contribution in [0.4, 0.5) is 5.82 Å². The van der Waals surface area contributed by atoms with Crippen LogP contribution in [0.1, 0.15) is 12.5 Å². The second kappa shape index (κ2) is 11.6. The molecular weight excluding hydrogens is 428 g/mol. The molecule has 33 heavy (non-hydrogen) atoms. The number of hydrogen-bond acceptors (Lipinski definition) is 6. The molecule has 0 saturated carbocycles. The highest BCUT2D eigenvalue weighted by atomic mass is 32.1. The van der Waals surface area contributed by atoms with Gasteiger partial charge in [0.05, 0.1) is 5.69 Å². The minimum atomic E-state index is -0.118. The number of nitrogens with zero attached hydrogens (tertiary/aromatic N) is 4. The number of thiophene rings is 1. The van der Waals surface area contributed by atoms with E-state index in [1.54, 1.807) is 23.7 Å². The van der Waals surface area contributed by atoms with Crippen molar-refractivity contribution in [2.75, 3.05) is 44.2 Å². The molecule has 1 fully saturated rings. The standard InChI is InChI=1S/C22H23N3OS.C5H5N/c1-2-24-10-12-25(13-11-24)22-19-9-15-27-21(19)16-20(23-22)18-7-5-17(6-8-18)4-3-14-26;1-2-4-6-5-3-1/h5-9,15-16,26H,2,10-14H2,1H3;1-5H. The number of aliphatic hydroxyl groups excluding tert-OH is 1. The third-order valence-corrected chi connectivity index (χ3v) is 6.47. The van der Waals surface area contributed by atoms with E-state index in [2.05, 4.69) is 63.2 Å². The van der Waals surface area contributed by atoms with Crippen molar-refractivity contribution in [2.45, 2.75) is 6.92 Å². The highest BCUT2D eigenvalue weighted by Gasteiger charge is 2.20.